The highest BCUT2D eigenvalue weighted by molar-refractivity contribution is 5.84. The Bertz CT molecular complexity index is 877. The summed E-state index contributed by atoms with van der Waals surface area (Å²) in [5.41, 5.74) is 1.95. The molecule has 5 rings (SSSR count). The van der Waals surface area contributed by atoms with E-state index in [1.54, 1.807) is 0 Å². The van der Waals surface area contributed by atoms with Crippen LogP contribution in [0.4, 0.5) is 5.82 Å². The molecule has 1 aromatic carbocycles. The van der Waals surface area contributed by atoms with Crippen molar-refractivity contribution in [1.29, 1.82) is 0 Å². The Morgan fingerprint density at radius 3 is 2.34 bits per heavy atom. The molecule has 7 nitrogen and oxygen atoms in total. The first kappa shape index (κ1) is 18.1. The van der Waals surface area contributed by atoms with E-state index in [0.29, 0.717) is 31.2 Å². The predicted molar refractivity (Wildman–Crippen MR) is 109 cm³/mol. The summed E-state index contributed by atoms with van der Waals surface area (Å²) in [6, 6.07) is 14.1. The zero-order chi connectivity index (χ0) is 19.8. The van der Waals surface area contributed by atoms with Gasteiger partial charge in [-0.05, 0) is 18.6 Å². The molecule has 0 radical (unpaired) electrons. The Labute approximate surface area is 170 Å². The van der Waals surface area contributed by atoms with Crippen LogP contribution in [0.2, 0.25) is 0 Å². The second-order valence-corrected chi connectivity index (χ2v) is 8.35. The number of aromatic nitrogens is 2. The SMILES string of the molecule is O=C1CCC(C(=O)N2CC3CN(c4ccc(-c5ccccc5)nn4)CC3C2)CN1. The average Bonchev–Trinajstić information content (AvgIpc) is 3.34. The highest BCUT2D eigenvalue weighted by Crippen LogP contribution is 2.34. The van der Waals surface area contributed by atoms with E-state index in [1.807, 2.05) is 47.4 Å². The van der Waals surface area contributed by atoms with Gasteiger partial charge in [0.1, 0.15) is 0 Å². The van der Waals surface area contributed by atoms with Gasteiger partial charge in [0.05, 0.1) is 11.6 Å². The Kier molecular flexibility index (Phi) is 4.66. The van der Waals surface area contributed by atoms with Crippen molar-refractivity contribution in [3.63, 3.8) is 0 Å². The molecule has 3 saturated heterocycles. The number of rotatable bonds is 3. The molecule has 1 N–H and O–H groups in total. The molecule has 0 saturated carbocycles. The summed E-state index contributed by atoms with van der Waals surface area (Å²) in [6.45, 7) is 3.92. The van der Waals surface area contributed by atoms with Crippen molar-refractivity contribution in [2.45, 2.75) is 12.8 Å². The fraction of sp³-hybridized carbons (Fsp3) is 0.455. The van der Waals surface area contributed by atoms with Crippen molar-refractivity contribution in [3.05, 3.63) is 42.5 Å². The number of piperidine rings is 1. The number of hydrogen-bond acceptors (Lipinski definition) is 5. The Morgan fingerprint density at radius 1 is 0.966 bits per heavy atom. The molecule has 3 unspecified atom stereocenters. The van der Waals surface area contributed by atoms with Crippen LogP contribution in [0.1, 0.15) is 12.8 Å². The third-order valence-corrected chi connectivity index (χ3v) is 6.46. The minimum atomic E-state index is -0.0565. The van der Waals surface area contributed by atoms with Crippen molar-refractivity contribution in [3.8, 4) is 11.3 Å². The van der Waals surface area contributed by atoms with Gasteiger partial charge in [0.15, 0.2) is 5.82 Å². The largest absolute Gasteiger partial charge is 0.355 e. The fourth-order valence-corrected chi connectivity index (χ4v) is 4.82. The Hall–Kier alpha value is -2.96. The second kappa shape index (κ2) is 7.46. The zero-order valence-corrected chi connectivity index (χ0v) is 16.3. The molecule has 3 fully saturated rings. The van der Waals surface area contributed by atoms with Gasteiger partial charge in [0, 0.05) is 56.5 Å². The topological polar surface area (TPSA) is 78.4 Å². The number of fused-ring (bicyclic) bond motifs is 1. The van der Waals surface area contributed by atoms with E-state index in [9.17, 15) is 9.59 Å². The molecule has 0 spiro atoms. The summed E-state index contributed by atoms with van der Waals surface area (Å²) < 4.78 is 0. The number of nitrogens with zero attached hydrogens (tertiary/aromatic N) is 4. The Morgan fingerprint density at radius 2 is 1.72 bits per heavy atom. The van der Waals surface area contributed by atoms with E-state index in [4.69, 9.17) is 0 Å². The molecule has 2 aromatic rings. The van der Waals surface area contributed by atoms with E-state index >= 15 is 0 Å². The lowest BCUT2D eigenvalue weighted by Crippen LogP contribution is -2.45. The zero-order valence-electron chi connectivity index (χ0n) is 16.3. The van der Waals surface area contributed by atoms with Crippen LogP contribution in [0.15, 0.2) is 42.5 Å². The van der Waals surface area contributed by atoms with E-state index < -0.39 is 0 Å². The van der Waals surface area contributed by atoms with Gasteiger partial charge in [-0.15, -0.1) is 10.2 Å². The summed E-state index contributed by atoms with van der Waals surface area (Å²) in [6.07, 6.45) is 1.13. The van der Waals surface area contributed by atoms with Crippen LogP contribution in [0.5, 0.6) is 0 Å². The van der Waals surface area contributed by atoms with E-state index in [1.165, 1.54) is 0 Å². The lowest BCUT2D eigenvalue weighted by Gasteiger charge is -2.28. The minimum absolute atomic E-state index is 0.0565. The smallest absolute Gasteiger partial charge is 0.227 e. The van der Waals surface area contributed by atoms with Gasteiger partial charge in [0.2, 0.25) is 11.8 Å². The lowest BCUT2D eigenvalue weighted by atomic mass is 9.98. The molecule has 29 heavy (non-hydrogen) atoms. The number of nitrogens with one attached hydrogen (secondary N) is 1. The molecule has 2 amide bonds. The number of amides is 2. The van der Waals surface area contributed by atoms with Crippen LogP contribution in [0, 0.1) is 17.8 Å². The maximum atomic E-state index is 12.8. The summed E-state index contributed by atoms with van der Waals surface area (Å²) in [7, 11) is 0. The van der Waals surface area contributed by atoms with Crippen LogP contribution < -0.4 is 10.2 Å². The number of anilines is 1. The predicted octanol–water partition coefficient (Wildman–Crippen LogP) is 1.56. The minimum Gasteiger partial charge on any atom is -0.355 e. The summed E-state index contributed by atoms with van der Waals surface area (Å²) >= 11 is 0. The molecule has 4 heterocycles. The molecule has 1 aromatic heterocycles. The van der Waals surface area contributed by atoms with Crippen molar-refractivity contribution >= 4 is 17.6 Å². The summed E-state index contributed by atoms with van der Waals surface area (Å²) in [5, 5.41) is 11.7. The second-order valence-electron chi connectivity index (χ2n) is 8.35. The van der Waals surface area contributed by atoms with Crippen LogP contribution in [-0.2, 0) is 9.59 Å². The third-order valence-electron chi connectivity index (χ3n) is 6.46. The first-order chi connectivity index (χ1) is 14.2. The molecule has 3 aliphatic rings. The Balaban J connectivity index is 1.19. The van der Waals surface area contributed by atoms with Gasteiger partial charge < -0.3 is 15.1 Å². The van der Waals surface area contributed by atoms with Crippen molar-refractivity contribution in [2.75, 3.05) is 37.6 Å². The normalized spacial score (nSPS) is 26.3. The van der Waals surface area contributed by atoms with E-state index in [2.05, 4.69) is 20.4 Å². The van der Waals surface area contributed by atoms with Crippen LogP contribution in [0.25, 0.3) is 11.3 Å². The summed E-state index contributed by atoms with van der Waals surface area (Å²) in [4.78, 5) is 28.4. The molecule has 7 heteroatoms. The number of likely N-dealkylation sites (tertiary alicyclic amines) is 1. The monoisotopic (exact) mass is 391 g/mol. The molecule has 3 aliphatic heterocycles. The van der Waals surface area contributed by atoms with Crippen LogP contribution in [0.3, 0.4) is 0 Å². The van der Waals surface area contributed by atoms with Gasteiger partial charge >= 0.3 is 0 Å². The summed E-state index contributed by atoms with van der Waals surface area (Å²) in [5.74, 6) is 2.08. The molecular formula is C22H25N5O2. The number of carbonyl (C=O) groups is 2. The molecular weight excluding hydrogens is 366 g/mol. The molecule has 150 valence electrons. The maximum Gasteiger partial charge on any atom is 0.227 e. The van der Waals surface area contributed by atoms with E-state index in [-0.39, 0.29) is 17.7 Å². The number of benzene rings is 1. The third kappa shape index (κ3) is 3.57. The standard InChI is InChI=1S/C22H25N5O2/c28-21-9-6-16(10-23-21)22(29)27-13-17-11-26(12-18(17)14-27)20-8-7-19(24-25-20)15-4-2-1-3-5-15/h1-5,7-8,16-18H,6,9-14H2,(H,23,28). The molecule has 0 aliphatic carbocycles. The van der Waals surface area contributed by atoms with Gasteiger partial charge in [0.25, 0.3) is 0 Å². The quantitative estimate of drug-likeness (QED) is 0.859. The van der Waals surface area contributed by atoms with Crippen molar-refractivity contribution in [1.82, 2.24) is 20.4 Å². The fourth-order valence-electron chi connectivity index (χ4n) is 4.82. The van der Waals surface area contributed by atoms with Gasteiger partial charge in [-0.1, -0.05) is 30.3 Å². The van der Waals surface area contributed by atoms with Crippen LogP contribution >= 0.6 is 0 Å². The lowest BCUT2D eigenvalue weighted by molar-refractivity contribution is -0.136. The van der Waals surface area contributed by atoms with Crippen molar-refractivity contribution < 1.29 is 9.59 Å². The first-order valence-corrected chi connectivity index (χ1v) is 10.4. The van der Waals surface area contributed by atoms with Crippen molar-refractivity contribution in [2.24, 2.45) is 17.8 Å². The van der Waals surface area contributed by atoms with E-state index in [0.717, 1.165) is 43.3 Å². The highest BCUT2D eigenvalue weighted by atomic mass is 16.2. The van der Waals surface area contributed by atoms with Gasteiger partial charge in [-0.3, -0.25) is 9.59 Å². The number of carbonyl (C=O) groups excluding carboxylic acids is 2. The van der Waals surface area contributed by atoms with Gasteiger partial charge in [-0.25, -0.2) is 0 Å². The molecule has 0 bridgehead atoms. The maximum absolute atomic E-state index is 12.8. The van der Waals surface area contributed by atoms with Crippen LogP contribution in [-0.4, -0.2) is 59.6 Å². The average molecular weight is 391 g/mol. The first-order valence-electron chi connectivity index (χ1n) is 10.4. The van der Waals surface area contributed by atoms with Gasteiger partial charge in [-0.2, -0.15) is 0 Å². The molecule has 3 atom stereocenters. The number of hydrogen-bond donors (Lipinski definition) is 1. The highest BCUT2D eigenvalue weighted by Gasteiger charge is 2.43.